The summed E-state index contributed by atoms with van der Waals surface area (Å²) in [7, 11) is 1.95. The van der Waals surface area contributed by atoms with Gasteiger partial charge in [0.05, 0.1) is 11.4 Å². The van der Waals surface area contributed by atoms with Crippen molar-refractivity contribution in [2.75, 3.05) is 0 Å². The average molecular weight is 333 g/mol. The second kappa shape index (κ2) is 6.21. The second-order valence-electron chi connectivity index (χ2n) is 8.52. The van der Waals surface area contributed by atoms with Gasteiger partial charge < -0.3 is 0 Å². The van der Waals surface area contributed by atoms with E-state index in [1.807, 2.05) is 47.2 Å². The van der Waals surface area contributed by atoms with Crippen molar-refractivity contribution in [3.8, 4) is 11.3 Å². The first kappa shape index (κ1) is 17.5. The maximum atomic E-state index is 4.83. The molecular formula is C20H26BN4. The van der Waals surface area contributed by atoms with Gasteiger partial charge in [-0.25, -0.2) is 0 Å². The summed E-state index contributed by atoms with van der Waals surface area (Å²) in [5.74, 6) is 0. The Morgan fingerprint density at radius 2 is 1.52 bits per heavy atom. The fourth-order valence-electron chi connectivity index (χ4n) is 2.69. The highest BCUT2D eigenvalue weighted by Gasteiger charge is 2.26. The Labute approximate surface area is 151 Å². The minimum absolute atomic E-state index is 0.00239. The molecule has 0 atom stereocenters. The van der Waals surface area contributed by atoms with Crippen molar-refractivity contribution in [3.05, 3.63) is 60.0 Å². The van der Waals surface area contributed by atoms with Crippen molar-refractivity contribution in [2.45, 2.75) is 52.4 Å². The van der Waals surface area contributed by atoms with Crippen molar-refractivity contribution in [1.82, 2.24) is 19.4 Å². The molecule has 0 aliphatic heterocycles. The fourth-order valence-corrected chi connectivity index (χ4v) is 2.69. The van der Waals surface area contributed by atoms with Gasteiger partial charge in [0.2, 0.25) is 0 Å². The van der Waals surface area contributed by atoms with E-state index in [-0.39, 0.29) is 10.8 Å². The Morgan fingerprint density at radius 1 is 0.840 bits per heavy atom. The Morgan fingerprint density at radius 3 is 2.12 bits per heavy atom. The third kappa shape index (κ3) is 3.86. The highest BCUT2D eigenvalue weighted by molar-refractivity contribution is 6.31. The molecule has 0 saturated carbocycles. The number of benzene rings is 1. The van der Waals surface area contributed by atoms with Gasteiger partial charge in [-0.15, -0.1) is 0 Å². The molecule has 25 heavy (non-hydrogen) atoms. The van der Waals surface area contributed by atoms with E-state index in [1.165, 1.54) is 5.69 Å². The normalized spacial score (nSPS) is 12.4. The van der Waals surface area contributed by atoms with Crippen molar-refractivity contribution < 1.29 is 0 Å². The lowest BCUT2D eigenvalue weighted by Crippen LogP contribution is -2.26. The summed E-state index contributed by atoms with van der Waals surface area (Å²) in [6, 6.07) is 14.4. The molecule has 0 unspecified atom stereocenters. The van der Waals surface area contributed by atoms with Crippen molar-refractivity contribution in [2.24, 2.45) is 0 Å². The number of aromatic nitrogens is 4. The first-order chi connectivity index (χ1) is 11.6. The molecule has 3 aromatic rings. The zero-order chi connectivity index (χ0) is 18.2. The number of rotatable bonds is 3. The fraction of sp³-hybridized carbons (Fsp3) is 0.400. The average Bonchev–Trinajstić information content (AvgIpc) is 3.15. The number of nitrogens with zero attached hydrogens (tertiary/aromatic N) is 4. The second-order valence-corrected chi connectivity index (χ2v) is 8.52. The molecule has 0 bridgehead atoms. The molecule has 0 saturated heterocycles. The third-order valence-electron chi connectivity index (χ3n) is 4.18. The van der Waals surface area contributed by atoms with E-state index in [0.29, 0.717) is 0 Å². The lowest BCUT2D eigenvalue weighted by Gasteiger charge is -2.19. The molecule has 0 amide bonds. The molecule has 5 heteroatoms. The standard InChI is InChI=1S/C20H26BN4/c1-19(2,3)17-14-18(20(4,5)6)25(23-17)21-24-13-12-16(22-24)15-10-8-7-9-11-15/h7-14H,1-6H3. The lowest BCUT2D eigenvalue weighted by molar-refractivity contribution is 0.548. The Hall–Kier alpha value is -2.30. The molecule has 129 valence electrons. The zero-order valence-electron chi connectivity index (χ0n) is 16.0. The van der Waals surface area contributed by atoms with Crippen LogP contribution in [0.15, 0.2) is 48.7 Å². The van der Waals surface area contributed by atoms with Crippen LogP contribution in [-0.2, 0) is 10.8 Å². The summed E-state index contributed by atoms with van der Waals surface area (Å²) in [4.78, 5) is 0. The molecule has 0 N–H and O–H groups in total. The lowest BCUT2D eigenvalue weighted by atomic mass is 9.87. The highest BCUT2D eigenvalue weighted by atomic mass is 15.3. The van der Waals surface area contributed by atoms with Crippen LogP contribution < -0.4 is 0 Å². The van der Waals surface area contributed by atoms with Crippen molar-refractivity contribution in [1.29, 1.82) is 0 Å². The van der Waals surface area contributed by atoms with Gasteiger partial charge in [0.15, 0.2) is 0 Å². The van der Waals surface area contributed by atoms with Crippen LogP contribution in [0.4, 0.5) is 0 Å². The summed E-state index contributed by atoms with van der Waals surface area (Å²) in [5, 5.41) is 9.50. The molecule has 0 aliphatic carbocycles. The molecule has 0 aliphatic rings. The molecule has 0 fully saturated rings. The SMILES string of the molecule is CC(C)(C)c1cc(C(C)(C)C)n([B]n2ccc(-c3ccccc3)n2)n1. The van der Waals surface area contributed by atoms with Gasteiger partial charge in [0.25, 0.3) is 0 Å². The first-order valence-corrected chi connectivity index (χ1v) is 8.71. The van der Waals surface area contributed by atoms with Gasteiger partial charge in [-0.05, 0) is 12.1 Å². The number of hydrogen-bond acceptors (Lipinski definition) is 2. The molecule has 4 nitrogen and oxygen atoms in total. The van der Waals surface area contributed by atoms with E-state index >= 15 is 0 Å². The Kier molecular flexibility index (Phi) is 4.35. The molecular weight excluding hydrogens is 307 g/mol. The largest absolute Gasteiger partial charge is 0.437 e. The predicted octanol–water partition coefficient (Wildman–Crippen LogP) is 4.27. The molecule has 3 rings (SSSR count). The Bertz CT molecular complexity index is 848. The topological polar surface area (TPSA) is 35.6 Å². The van der Waals surface area contributed by atoms with Crippen LogP contribution in [0.2, 0.25) is 0 Å². The summed E-state index contributed by atoms with van der Waals surface area (Å²) in [6.07, 6.45) is 1.97. The third-order valence-corrected chi connectivity index (χ3v) is 4.18. The van der Waals surface area contributed by atoms with E-state index in [1.54, 1.807) is 0 Å². The van der Waals surface area contributed by atoms with Gasteiger partial charge in [0.1, 0.15) is 0 Å². The molecule has 2 aromatic heterocycles. The van der Waals surface area contributed by atoms with Crippen LogP contribution in [-0.4, -0.2) is 26.9 Å². The summed E-state index contributed by atoms with van der Waals surface area (Å²) in [5.41, 5.74) is 4.35. The monoisotopic (exact) mass is 333 g/mol. The van der Waals surface area contributed by atoms with Crippen LogP contribution >= 0.6 is 0 Å². The minimum atomic E-state index is 0.00239. The van der Waals surface area contributed by atoms with E-state index in [9.17, 15) is 0 Å². The van der Waals surface area contributed by atoms with Crippen LogP contribution in [0, 0.1) is 0 Å². The first-order valence-electron chi connectivity index (χ1n) is 8.71. The summed E-state index contributed by atoms with van der Waals surface area (Å²) in [6.45, 7) is 13.2. The molecule has 1 aromatic carbocycles. The minimum Gasteiger partial charge on any atom is -0.292 e. The van der Waals surface area contributed by atoms with E-state index in [2.05, 4.69) is 64.8 Å². The van der Waals surface area contributed by atoms with Gasteiger partial charge in [-0.2, -0.15) is 10.2 Å². The molecule has 1 radical (unpaired) electrons. The van der Waals surface area contributed by atoms with Gasteiger partial charge in [-0.1, -0.05) is 71.9 Å². The van der Waals surface area contributed by atoms with Crippen LogP contribution in [0.3, 0.4) is 0 Å². The maximum absolute atomic E-state index is 4.83. The quantitative estimate of drug-likeness (QED) is 0.671. The van der Waals surface area contributed by atoms with Crippen LogP contribution in [0.5, 0.6) is 0 Å². The van der Waals surface area contributed by atoms with Gasteiger partial charge in [0, 0.05) is 28.3 Å². The van der Waals surface area contributed by atoms with E-state index < -0.39 is 0 Å². The van der Waals surface area contributed by atoms with Gasteiger partial charge >= 0.3 is 7.55 Å². The van der Waals surface area contributed by atoms with Gasteiger partial charge in [-0.3, -0.25) is 9.19 Å². The summed E-state index contributed by atoms with van der Waals surface area (Å²) >= 11 is 0. The Balaban J connectivity index is 1.93. The molecule has 2 heterocycles. The molecule has 0 spiro atoms. The summed E-state index contributed by atoms with van der Waals surface area (Å²) < 4.78 is 3.79. The highest BCUT2D eigenvalue weighted by Crippen LogP contribution is 2.28. The smallest absolute Gasteiger partial charge is 0.292 e. The van der Waals surface area contributed by atoms with Crippen LogP contribution in [0.25, 0.3) is 11.3 Å². The van der Waals surface area contributed by atoms with Crippen molar-refractivity contribution >= 4 is 7.55 Å². The predicted molar refractivity (Wildman–Crippen MR) is 104 cm³/mol. The van der Waals surface area contributed by atoms with E-state index in [4.69, 9.17) is 5.10 Å². The van der Waals surface area contributed by atoms with Crippen molar-refractivity contribution in [3.63, 3.8) is 0 Å². The van der Waals surface area contributed by atoms with E-state index in [0.717, 1.165) is 17.0 Å². The zero-order valence-corrected chi connectivity index (χ0v) is 16.0. The van der Waals surface area contributed by atoms with Crippen LogP contribution in [0.1, 0.15) is 52.9 Å². The number of hydrogen-bond donors (Lipinski definition) is 0. The maximum Gasteiger partial charge on any atom is 0.437 e.